The third-order valence-electron chi connectivity index (χ3n) is 2.85. The van der Waals surface area contributed by atoms with E-state index in [1.807, 2.05) is 12.1 Å². The zero-order valence-electron chi connectivity index (χ0n) is 10.5. The molecule has 2 aromatic rings. The van der Waals surface area contributed by atoms with E-state index in [1.54, 1.807) is 12.1 Å². The van der Waals surface area contributed by atoms with Crippen molar-refractivity contribution in [1.29, 1.82) is 0 Å². The standard InChI is InChI=1S/C14H16ClN3/c1-3-18(12-7-5-4-6-10(12)2)14-11(16)8-9-13(15)17-14/h4-9H,3,16H2,1-2H3. The van der Waals surface area contributed by atoms with Gasteiger partial charge in [-0.2, -0.15) is 0 Å². The number of hydrogen-bond donors (Lipinski definition) is 1. The minimum Gasteiger partial charge on any atom is -0.396 e. The molecule has 0 atom stereocenters. The van der Waals surface area contributed by atoms with Gasteiger partial charge in [0.15, 0.2) is 5.82 Å². The van der Waals surface area contributed by atoms with Crippen LogP contribution in [0.15, 0.2) is 36.4 Å². The summed E-state index contributed by atoms with van der Waals surface area (Å²) in [6.45, 7) is 4.91. The molecule has 18 heavy (non-hydrogen) atoms. The van der Waals surface area contributed by atoms with Crippen molar-refractivity contribution in [3.05, 3.63) is 47.1 Å². The molecule has 0 saturated carbocycles. The van der Waals surface area contributed by atoms with Gasteiger partial charge in [0.05, 0.1) is 5.69 Å². The van der Waals surface area contributed by atoms with Gasteiger partial charge in [-0.1, -0.05) is 29.8 Å². The summed E-state index contributed by atoms with van der Waals surface area (Å²) in [5.74, 6) is 0.708. The molecule has 0 amide bonds. The summed E-state index contributed by atoms with van der Waals surface area (Å²) in [7, 11) is 0. The fraction of sp³-hybridized carbons (Fsp3) is 0.214. The molecule has 0 saturated heterocycles. The highest BCUT2D eigenvalue weighted by Gasteiger charge is 2.14. The van der Waals surface area contributed by atoms with Crippen LogP contribution in [-0.4, -0.2) is 11.5 Å². The molecule has 1 aromatic carbocycles. The van der Waals surface area contributed by atoms with Crippen LogP contribution < -0.4 is 10.6 Å². The fourth-order valence-corrected chi connectivity index (χ4v) is 2.10. The number of anilines is 3. The van der Waals surface area contributed by atoms with E-state index in [2.05, 4.69) is 35.9 Å². The van der Waals surface area contributed by atoms with Crippen LogP contribution in [0.2, 0.25) is 5.15 Å². The third-order valence-corrected chi connectivity index (χ3v) is 3.06. The van der Waals surface area contributed by atoms with Crippen molar-refractivity contribution in [2.75, 3.05) is 17.2 Å². The highest BCUT2D eigenvalue weighted by molar-refractivity contribution is 6.29. The van der Waals surface area contributed by atoms with Crippen LogP contribution in [0.1, 0.15) is 12.5 Å². The van der Waals surface area contributed by atoms with E-state index >= 15 is 0 Å². The molecule has 0 spiro atoms. The molecule has 4 heteroatoms. The predicted molar refractivity (Wildman–Crippen MR) is 77.5 cm³/mol. The Morgan fingerprint density at radius 1 is 1.22 bits per heavy atom. The van der Waals surface area contributed by atoms with Gasteiger partial charge in [-0.15, -0.1) is 0 Å². The van der Waals surface area contributed by atoms with E-state index in [9.17, 15) is 0 Å². The Morgan fingerprint density at radius 2 is 1.94 bits per heavy atom. The Morgan fingerprint density at radius 3 is 2.61 bits per heavy atom. The largest absolute Gasteiger partial charge is 0.396 e. The topological polar surface area (TPSA) is 42.2 Å². The molecule has 0 radical (unpaired) electrons. The lowest BCUT2D eigenvalue weighted by Crippen LogP contribution is -2.19. The fourth-order valence-electron chi connectivity index (χ4n) is 1.95. The maximum atomic E-state index is 5.99. The Labute approximate surface area is 112 Å². The van der Waals surface area contributed by atoms with Gasteiger partial charge in [-0.25, -0.2) is 4.98 Å². The second kappa shape index (κ2) is 5.27. The van der Waals surface area contributed by atoms with Crippen molar-refractivity contribution in [3.63, 3.8) is 0 Å². The first-order chi connectivity index (χ1) is 8.63. The first-order valence-corrected chi connectivity index (χ1v) is 6.26. The van der Waals surface area contributed by atoms with Gasteiger partial charge in [0.25, 0.3) is 0 Å². The second-order valence-electron chi connectivity index (χ2n) is 4.08. The van der Waals surface area contributed by atoms with E-state index in [0.717, 1.165) is 12.2 Å². The van der Waals surface area contributed by atoms with E-state index in [-0.39, 0.29) is 0 Å². The number of pyridine rings is 1. The normalized spacial score (nSPS) is 10.4. The Bertz CT molecular complexity index is 554. The molecular formula is C14H16ClN3. The molecule has 0 bridgehead atoms. The van der Waals surface area contributed by atoms with E-state index < -0.39 is 0 Å². The minimum atomic E-state index is 0.450. The number of aryl methyl sites for hydroxylation is 1. The van der Waals surface area contributed by atoms with Gasteiger partial charge >= 0.3 is 0 Å². The molecule has 2 rings (SSSR count). The highest BCUT2D eigenvalue weighted by atomic mass is 35.5. The zero-order chi connectivity index (χ0) is 13.1. The van der Waals surface area contributed by atoms with E-state index in [1.165, 1.54) is 5.56 Å². The average molecular weight is 262 g/mol. The smallest absolute Gasteiger partial charge is 0.157 e. The van der Waals surface area contributed by atoms with Crippen LogP contribution in [0.4, 0.5) is 17.2 Å². The third kappa shape index (κ3) is 2.41. The number of benzene rings is 1. The number of rotatable bonds is 3. The van der Waals surface area contributed by atoms with Crippen LogP contribution >= 0.6 is 11.6 Å². The van der Waals surface area contributed by atoms with Crippen LogP contribution in [0.5, 0.6) is 0 Å². The molecular weight excluding hydrogens is 246 g/mol. The Hall–Kier alpha value is -1.74. The van der Waals surface area contributed by atoms with Gasteiger partial charge in [0, 0.05) is 12.2 Å². The second-order valence-corrected chi connectivity index (χ2v) is 4.46. The number of nitrogens with zero attached hydrogens (tertiary/aromatic N) is 2. The van der Waals surface area contributed by atoms with Crippen molar-refractivity contribution < 1.29 is 0 Å². The summed E-state index contributed by atoms with van der Waals surface area (Å²) < 4.78 is 0. The monoisotopic (exact) mass is 261 g/mol. The number of halogens is 1. The number of nitrogen functional groups attached to an aromatic ring is 1. The molecule has 94 valence electrons. The molecule has 2 N–H and O–H groups in total. The van der Waals surface area contributed by atoms with Crippen LogP contribution in [-0.2, 0) is 0 Å². The summed E-state index contributed by atoms with van der Waals surface area (Å²) in [5.41, 5.74) is 8.90. The molecule has 0 fully saturated rings. The molecule has 0 unspecified atom stereocenters. The van der Waals surface area contributed by atoms with E-state index in [0.29, 0.717) is 16.7 Å². The lowest BCUT2D eigenvalue weighted by Gasteiger charge is -2.25. The van der Waals surface area contributed by atoms with Crippen molar-refractivity contribution in [1.82, 2.24) is 4.98 Å². The van der Waals surface area contributed by atoms with Crippen molar-refractivity contribution in [2.45, 2.75) is 13.8 Å². The number of aromatic nitrogens is 1. The van der Waals surface area contributed by atoms with Gasteiger partial charge < -0.3 is 10.6 Å². The van der Waals surface area contributed by atoms with Gasteiger partial charge in [-0.3, -0.25) is 0 Å². The highest BCUT2D eigenvalue weighted by Crippen LogP contribution is 2.31. The summed E-state index contributed by atoms with van der Waals surface area (Å²) in [4.78, 5) is 6.39. The first-order valence-electron chi connectivity index (χ1n) is 5.88. The Balaban J connectivity index is 2.52. The number of para-hydroxylation sites is 1. The quantitative estimate of drug-likeness (QED) is 0.855. The van der Waals surface area contributed by atoms with Crippen molar-refractivity contribution in [3.8, 4) is 0 Å². The lowest BCUT2D eigenvalue weighted by molar-refractivity contribution is 0.985. The molecule has 0 aliphatic rings. The zero-order valence-corrected chi connectivity index (χ0v) is 11.3. The average Bonchev–Trinajstić information content (AvgIpc) is 2.36. The molecule has 3 nitrogen and oxygen atoms in total. The minimum absolute atomic E-state index is 0.450. The summed E-state index contributed by atoms with van der Waals surface area (Å²) in [6, 6.07) is 11.6. The SMILES string of the molecule is CCN(c1ccccc1C)c1nc(Cl)ccc1N. The number of nitrogens with two attached hydrogens (primary N) is 1. The van der Waals surface area contributed by atoms with Crippen molar-refractivity contribution in [2.24, 2.45) is 0 Å². The maximum absolute atomic E-state index is 5.99. The predicted octanol–water partition coefficient (Wildman–Crippen LogP) is 3.78. The number of hydrogen-bond acceptors (Lipinski definition) is 3. The van der Waals surface area contributed by atoms with E-state index in [4.69, 9.17) is 17.3 Å². The first kappa shape index (κ1) is 12.7. The van der Waals surface area contributed by atoms with Gasteiger partial charge in [0.2, 0.25) is 0 Å². The summed E-state index contributed by atoms with van der Waals surface area (Å²) in [5, 5.41) is 0.450. The lowest BCUT2D eigenvalue weighted by atomic mass is 10.1. The molecule has 0 aliphatic carbocycles. The van der Waals surface area contributed by atoms with Gasteiger partial charge in [0.1, 0.15) is 5.15 Å². The molecule has 1 heterocycles. The van der Waals surface area contributed by atoms with Crippen molar-refractivity contribution >= 4 is 28.8 Å². The molecule has 1 aromatic heterocycles. The maximum Gasteiger partial charge on any atom is 0.157 e. The van der Waals surface area contributed by atoms with Crippen LogP contribution in [0.3, 0.4) is 0 Å². The van der Waals surface area contributed by atoms with Crippen LogP contribution in [0, 0.1) is 6.92 Å². The summed E-state index contributed by atoms with van der Waals surface area (Å²) >= 11 is 5.95. The van der Waals surface area contributed by atoms with Gasteiger partial charge in [-0.05, 0) is 37.6 Å². The summed E-state index contributed by atoms with van der Waals surface area (Å²) in [6.07, 6.45) is 0. The Kier molecular flexibility index (Phi) is 3.72. The molecule has 0 aliphatic heterocycles. The van der Waals surface area contributed by atoms with Crippen LogP contribution in [0.25, 0.3) is 0 Å².